The van der Waals surface area contributed by atoms with Crippen LogP contribution in [0.1, 0.15) is 19.8 Å². The average Bonchev–Trinajstić information content (AvgIpc) is 2.34. The molecule has 1 atom stereocenters. The maximum atomic E-state index is 13.6. The smallest absolute Gasteiger partial charge is 0.251 e. The van der Waals surface area contributed by atoms with Crippen LogP contribution in [-0.2, 0) is 4.74 Å². The third-order valence-corrected chi connectivity index (χ3v) is 3.32. The molecule has 0 N–H and O–H groups in total. The fourth-order valence-corrected chi connectivity index (χ4v) is 2.21. The maximum Gasteiger partial charge on any atom is 0.251 e. The van der Waals surface area contributed by atoms with Crippen molar-refractivity contribution < 1.29 is 17.9 Å². The lowest BCUT2D eigenvalue weighted by Gasteiger charge is -2.40. The van der Waals surface area contributed by atoms with Gasteiger partial charge in [0.25, 0.3) is 5.95 Å². The third kappa shape index (κ3) is 2.43. The largest absolute Gasteiger partial charge is 0.377 e. The summed E-state index contributed by atoms with van der Waals surface area (Å²) in [7, 11) is 1.58. The van der Waals surface area contributed by atoms with Crippen LogP contribution >= 0.6 is 0 Å². The van der Waals surface area contributed by atoms with Gasteiger partial charge in [-0.1, -0.05) is 0 Å². The number of rotatable bonds is 2. The van der Waals surface area contributed by atoms with Crippen LogP contribution in [-0.4, -0.2) is 30.8 Å². The quantitative estimate of drug-likeness (QED) is 0.764. The minimum Gasteiger partial charge on any atom is -0.377 e. The van der Waals surface area contributed by atoms with Crippen molar-refractivity contribution >= 4 is 5.82 Å². The molecule has 0 aliphatic carbocycles. The van der Waals surface area contributed by atoms with Crippen LogP contribution in [0.2, 0.25) is 0 Å². The zero-order chi connectivity index (χ0) is 13.3. The molecule has 3 nitrogen and oxygen atoms in total. The van der Waals surface area contributed by atoms with Crippen LogP contribution in [0.15, 0.2) is 6.07 Å². The second kappa shape index (κ2) is 4.76. The van der Waals surface area contributed by atoms with Gasteiger partial charge in [0.2, 0.25) is 0 Å². The zero-order valence-corrected chi connectivity index (χ0v) is 10.3. The van der Waals surface area contributed by atoms with Gasteiger partial charge in [-0.3, -0.25) is 0 Å². The van der Waals surface area contributed by atoms with Crippen molar-refractivity contribution in [3.8, 4) is 0 Å². The summed E-state index contributed by atoms with van der Waals surface area (Å²) in [6, 6.07) is 0.524. The molecule has 1 aromatic heterocycles. The number of hydrogen-bond acceptors (Lipinski definition) is 3. The van der Waals surface area contributed by atoms with Crippen molar-refractivity contribution in [2.45, 2.75) is 25.4 Å². The van der Waals surface area contributed by atoms with Crippen LogP contribution in [0.5, 0.6) is 0 Å². The van der Waals surface area contributed by atoms with Gasteiger partial charge in [-0.2, -0.15) is 9.37 Å². The molecule has 2 heterocycles. The van der Waals surface area contributed by atoms with E-state index < -0.39 is 23.2 Å². The van der Waals surface area contributed by atoms with Gasteiger partial charge in [0.1, 0.15) is 0 Å². The Balaban J connectivity index is 2.29. The lowest BCUT2D eigenvalue weighted by atomic mass is 9.95. The highest BCUT2D eigenvalue weighted by Gasteiger charge is 2.32. The van der Waals surface area contributed by atoms with Gasteiger partial charge < -0.3 is 9.64 Å². The first-order valence-electron chi connectivity index (χ1n) is 5.77. The monoisotopic (exact) mass is 260 g/mol. The lowest BCUT2D eigenvalue weighted by Crippen LogP contribution is -2.48. The van der Waals surface area contributed by atoms with Crippen molar-refractivity contribution in [3.63, 3.8) is 0 Å². The van der Waals surface area contributed by atoms with Gasteiger partial charge in [0.15, 0.2) is 17.5 Å². The molecular weight excluding hydrogens is 245 g/mol. The summed E-state index contributed by atoms with van der Waals surface area (Å²) in [6.45, 7) is 2.85. The molecule has 0 bridgehead atoms. The molecule has 0 spiro atoms. The highest BCUT2D eigenvalue weighted by Crippen LogP contribution is 2.28. The summed E-state index contributed by atoms with van der Waals surface area (Å²) in [5, 5.41) is 0. The van der Waals surface area contributed by atoms with Crippen molar-refractivity contribution in [1.82, 2.24) is 4.98 Å². The Bertz CT molecular complexity index is 455. The van der Waals surface area contributed by atoms with E-state index in [1.54, 1.807) is 12.0 Å². The Hall–Kier alpha value is -1.30. The molecule has 0 aromatic carbocycles. The minimum absolute atomic E-state index is 0.156. The number of piperidine rings is 1. The van der Waals surface area contributed by atoms with Gasteiger partial charge >= 0.3 is 0 Å². The summed E-state index contributed by atoms with van der Waals surface area (Å²) >= 11 is 0. The van der Waals surface area contributed by atoms with Crippen molar-refractivity contribution in [2.24, 2.45) is 0 Å². The first-order valence-corrected chi connectivity index (χ1v) is 5.77. The van der Waals surface area contributed by atoms with E-state index in [4.69, 9.17) is 4.74 Å². The van der Waals surface area contributed by atoms with Crippen LogP contribution in [0.3, 0.4) is 0 Å². The van der Waals surface area contributed by atoms with Crippen molar-refractivity contribution in [2.75, 3.05) is 25.1 Å². The number of aromatic nitrogens is 1. The standard InChI is InChI=1S/C12H15F3N2O/c1-12(18-2)4-3-5-17(7-12)11-9(14)6-8(13)10(15)16-11/h6H,3-5,7H2,1-2H3. The molecule has 1 aliphatic rings. The molecular formula is C12H15F3N2O. The van der Waals surface area contributed by atoms with Crippen LogP contribution < -0.4 is 4.90 Å². The number of ether oxygens (including phenoxy) is 1. The van der Waals surface area contributed by atoms with Crippen molar-refractivity contribution in [1.29, 1.82) is 0 Å². The zero-order valence-electron chi connectivity index (χ0n) is 10.3. The lowest BCUT2D eigenvalue weighted by molar-refractivity contribution is -0.00498. The summed E-state index contributed by atoms with van der Waals surface area (Å²) in [6.07, 6.45) is 1.62. The topological polar surface area (TPSA) is 25.4 Å². The molecule has 2 rings (SSSR count). The Labute approximate surface area is 104 Å². The summed E-state index contributed by atoms with van der Waals surface area (Å²) < 4.78 is 44.9. The molecule has 0 amide bonds. The van der Waals surface area contributed by atoms with E-state index in [0.717, 1.165) is 12.8 Å². The molecule has 100 valence electrons. The molecule has 1 aliphatic heterocycles. The van der Waals surface area contributed by atoms with E-state index in [-0.39, 0.29) is 5.82 Å². The summed E-state index contributed by atoms with van der Waals surface area (Å²) in [4.78, 5) is 4.94. The van der Waals surface area contributed by atoms with Gasteiger partial charge in [0.05, 0.1) is 5.60 Å². The maximum absolute atomic E-state index is 13.6. The predicted octanol–water partition coefficient (Wildman–Crippen LogP) is 2.50. The average molecular weight is 260 g/mol. The SMILES string of the molecule is COC1(C)CCCN(c2nc(F)c(F)cc2F)C1. The fourth-order valence-electron chi connectivity index (χ4n) is 2.21. The fraction of sp³-hybridized carbons (Fsp3) is 0.583. The first-order chi connectivity index (χ1) is 8.45. The highest BCUT2D eigenvalue weighted by molar-refractivity contribution is 5.41. The molecule has 1 saturated heterocycles. The summed E-state index contributed by atoms with van der Waals surface area (Å²) in [5.41, 5.74) is -0.419. The number of nitrogens with zero attached hydrogens (tertiary/aromatic N) is 2. The molecule has 0 radical (unpaired) electrons. The van der Waals surface area contributed by atoms with Gasteiger partial charge in [-0.25, -0.2) is 8.78 Å². The van der Waals surface area contributed by atoms with E-state index in [2.05, 4.69) is 4.98 Å². The number of hydrogen-bond donors (Lipinski definition) is 0. The number of anilines is 1. The van der Waals surface area contributed by atoms with Gasteiger partial charge in [-0.05, 0) is 19.8 Å². The number of pyridine rings is 1. The van der Waals surface area contributed by atoms with E-state index in [9.17, 15) is 13.2 Å². The minimum atomic E-state index is -1.28. The van der Waals surface area contributed by atoms with E-state index in [1.807, 2.05) is 6.92 Å². The Morgan fingerprint density at radius 3 is 2.72 bits per heavy atom. The first kappa shape index (κ1) is 13.1. The van der Waals surface area contributed by atoms with Crippen molar-refractivity contribution in [3.05, 3.63) is 23.6 Å². The molecule has 0 saturated carbocycles. The Morgan fingerprint density at radius 2 is 2.06 bits per heavy atom. The van der Waals surface area contributed by atoms with E-state index in [1.165, 1.54) is 0 Å². The second-order valence-electron chi connectivity index (χ2n) is 4.75. The Kier molecular flexibility index (Phi) is 3.47. The van der Waals surface area contributed by atoms with Crippen LogP contribution in [0.4, 0.5) is 19.0 Å². The predicted molar refractivity (Wildman–Crippen MR) is 61.0 cm³/mol. The molecule has 18 heavy (non-hydrogen) atoms. The summed E-state index contributed by atoms with van der Waals surface area (Å²) in [5.74, 6) is -3.56. The normalized spacial score (nSPS) is 24.4. The highest BCUT2D eigenvalue weighted by atomic mass is 19.2. The Morgan fingerprint density at radius 1 is 1.33 bits per heavy atom. The number of halogens is 3. The van der Waals surface area contributed by atoms with Crippen LogP contribution in [0.25, 0.3) is 0 Å². The number of methoxy groups -OCH3 is 1. The molecule has 6 heteroatoms. The van der Waals surface area contributed by atoms with Gasteiger partial charge in [-0.15, -0.1) is 0 Å². The molecule has 1 unspecified atom stereocenters. The van der Waals surface area contributed by atoms with E-state index in [0.29, 0.717) is 19.2 Å². The second-order valence-corrected chi connectivity index (χ2v) is 4.75. The van der Waals surface area contributed by atoms with E-state index >= 15 is 0 Å². The molecule has 1 fully saturated rings. The van der Waals surface area contributed by atoms with Crippen LogP contribution in [0, 0.1) is 17.6 Å². The van der Waals surface area contributed by atoms with Gasteiger partial charge in [0, 0.05) is 26.3 Å². The molecule has 1 aromatic rings. The third-order valence-electron chi connectivity index (χ3n) is 3.32.